The van der Waals surface area contributed by atoms with Gasteiger partial charge in [-0.05, 0) is 86.8 Å². The van der Waals surface area contributed by atoms with Crippen molar-refractivity contribution in [2.75, 3.05) is 0 Å². The largest absolute Gasteiger partial charge is 0.276 e. The molecule has 0 aromatic heterocycles. The molecule has 2 rings (SSSR count). The van der Waals surface area contributed by atoms with Crippen molar-refractivity contribution in [1.29, 1.82) is 0 Å². The molecular weight excluding hydrogens is 399 g/mol. The van der Waals surface area contributed by atoms with Crippen LogP contribution in [0.3, 0.4) is 0 Å². The van der Waals surface area contributed by atoms with Crippen LogP contribution < -0.4 is 0 Å². The first-order valence-corrected chi connectivity index (χ1v) is 11.4. The van der Waals surface area contributed by atoms with E-state index in [1.54, 1.807) is 48.5 Å². The molecule has 0 unspecified atom stereocenters. The van der Waals surface area contributed by atoms with E-state index in [9.17, 15) is 9.59 Å². The number of hydrogen-bond acceptors (Lipinski definition) is 5. The van der Waals surface area contributed by atoms with Gasteiger partial charge in [-0.3, -0.25) is 9.59 Å². The molecule has 0 aliphatic rings. The van der Waals surface area contributed by atoms with Crippen LogP contribution in [0.15, 0.2) is 58.3 Å². The second-order valence-corrected chi connectivity index (χ2v) is 13.6. The maximum atomic E-state index is 11.5. The Bertz CT molecular complexity index is 847. The quantitative estimate of drug-likeness (QED) is 0.535. The van der Waals surface area contributed by atoms with Crippen molar-refractivity contribution < 1.29 is 9.59 Å². The zero-order valence-electron chi connectivity index (χ0n) is 10.8. The molecule has 0 amide bonds. The molecule has 114 valence electrons. The molecule has 2 nitrogen and oxygen atoms in total. The van der Waals surface area contributed by atoms with Gasteiger partial charge in [-0.25, -0.2) is 0 Å². The van der Waals surface area contributed by atoms with Gasteiger partial charge in [-0.2, -0.15) is 0 Å². The van der Waals surface area contributed by atoms with Gasteiger partial charge in [0.05, 0.1) is 0 Å². The Morgan fingerprint density at radius 3 is 1.95 bits per heavy atom. The summed E-state index contributed by atoms with van der Waals surface area (Å²) in [7, 11) is 1.18. The van der Waals surface area contributed by atoms with Gasteiger partial charge < -0.3 is 0 Å². The molecule has 8 heteroatoms. The topological polar surface area (TPSA) is 34.1 Å². The van der Waals surface area contributed by atoms with Crippen LogP contribution in [0.1, 0.15) is 20.7 Å². The van der Waals surface area contributed by atoms with Crippen LogP contribution in [0, 0.1) is 0 Å². The van der Waals surface area contributed by atoms with Crippen molar-refractivity contribution in [3.8, 4) is 0 Å². The monoisotopic (exact) mass is 406 g/mol. The van der Waals surface area contributed by atoms with Crippen LogP contribution in [0.2, 0.25) is 0 Å². The van der Waals surface area contributed by atoms with E-state index in [1.165, 1.54) is 10.8 Å². The third-order valence-electron chi connectivity index (χ3n) is 2.67. The number of benzene rings is 2. The van der Waals surface area contributed by atoms with Crippen LogP contribution in [0.5, 0.6) is 0 Å². The number of hydrogen-bond donors (Lipinski definition) is 0. The van der Waals surface area contributed by atoms with Crippen molar-refractivity contribution >= 4 is 73.0 Å². The van der Waals surface area contributed by atoms with Crippen LogP contribution in [0.4, 0.5) is 0 Å². The minimum atomic E-state index is -2.28. The molecule has 0 atom stereocenters. The Morgan fingerprint density at radius 2 is 1.36 bits per heavy atom. The summed E-state index contributed by atoms with van der Waals surface area (Å²) in [5.41, 5.74) is 0.641. The van der Waals surface area contributed by atoms with Crippen molar-refractivity contribution in [3.05, 3.63) is 59.7 Å². The van der Waals surface area contributed by atoms with Crippen LogP contribution in [-0.4, -0.2) is 10.5 Å². The third-order valence-corrected chi connectivity index (χ3v) is 8.76. The predicted molar refractivity (Wildman–Crippen MR) is 99.5 cm³/mol. The maximum absolute atomic E-state index is 11.5. The SMILES string of the molecule is O=C(Cl)c1ccccc1SS(=S)(=S)c1ccccc1C(=O)Cl. The Morgan fingerprint density at radius 1 is 0.864 bits per heavy atom. The number of rotatable bonds is 5. The molecule has 0 aliphatic carbocycles. The second-order valence-electron chi connectivity index (χ2n) is 4.08. The van der Waals surface area contributed by atoms with Crippen LogP contribution >= 0.6 is 34.0 Å². The van der Waals surface area contributed by atoms with Gasteiger partial charge in [0.25, 0.3) is 10.5 Å². The number of halogens is 2. The van der Waals surface area contributed by atoms with E-state index in [-0.39, 0.29) is 0 Å². The number of carbonyl (C=O) groups is 2. The average molecular weight is 407 g/mol. The van der Waals surface area contributed by atoms with E-state index < -0.39 is 16.7 Å². The van der Waals surface area contributed by atoms with Gasteiger partial charge in [-0.1, -0.05) is 24.3 Å². The molecule has 0 aliphatic heterocycles. The summed E-state index contributed by atoms with van der Waals surface area (Å²) < 4.78 is 0. The molecule has 0 saturated heterocycles. The summed E-state index contributed by atoms with van der Waals surface area (Å²) >= 11 is 22.3. The van der Waals surface area contributed by atoms with Gasteiger partial charge >= 0.3 is 0 Å². The molecule has 0 bridgehead atoms. The zero-order valence-corrected chi connectivity index (χ0v) is 15.6. The second kappa shape index (κ2) is 7.38. The summed E-state index contributed by atoms with van der Waals surface area (Å²) in [6, 6.07) is 13.5. The fourth-order valence-electron chi connectivity index (χ4n) is 1.71. The zero-order chi connectivity index (χ0) is 16.3. The summed E-state index contributed by atoms with van der Waals surface area (Å²) in [4.78, 5) is 24.2. The van der Waals surface area contributed by atoms with E-state index in [4.69, 9.17) is 45.6 Å². The highest BCUT2D eigenvalue weighted by atomic mass is 35.5. The number of carbonyl (C=O) groups excluding carboxylic acids is 2. The van der Waals surface area contributed by atoms with E-state index in [0.29, 0.717) is 20.9 Å². The molecule has 0 radical (unpaired) electrons. The molecule has 0 spiro atoms. The first kappa shape index (κ1) is 17.8. The molecule has 0 N–H and O–H groups in total. The van der Waals surface area contributed by atoms with Crippen LogP contribution in [-0.2, 0) is 28.6 Å². The lowest BCUT2D eigenvalue weighted by molar-refractivity contribution is 0.107. The molecular formula is C14H8Cl2O2S4. The lowest BCUT2D eigenvalue weighted by Gasteiger charge is -2.14. The third kappa shape index (κ3) is 4.07. The maximum Gasteiger partial charge on any atom is 0.253 e. The highest BCUT2D eigenvalue weighted by molar-refractivity contribution is 8.98. The van der Waals surface area contributed by atoms with Crippen molar-refractivity contribution in [2.24, 2.45) is 0 Å². The van der Waals surface area contributed by atoms with E-state index in [2.05, 4.69) is 0 Å². The molecule has 22 heavy (non-hydrogen) atoms. The Kier molecular flexibility index (Phi) is 5.99. The molecule has 2 aromatic carbocycles. The lowest BCUT2D eigenvalue weighted by atomic mass is 10.2. The minimum absolute atomic E-state index is 0.298. The van der Waals surface area contributed by atoms with E-state index in [1.807, 2.05) is 0 Å². The highest BCUT2D eigenvalue weighted by Gasteiger charge is 2.19. The summed E-state index contributed by atoms with van der Waals surface area (Å²) in [5, 5.41) is -1.19. The van der Waals surface area contributed by atoms with Crippen molar-refractivity contribution in [3.63, 3.8) is 0 Å². The van der Waals surface area contributed by atoms with Gasteiger partial charge in [0.2, 0.25) is 0 Å². The molecule has 2 aromatic rings. The fourth-order valence-corrected chi connectivity index (χ4v) is 7.58. The smallest absolute Gasteiger partial charge is 0.253 e. The lowest BCUT2D eigenvalue weighted by Crippen LogP contribution is -2.02. The van der Waals surface area contributed by atoms with Gasteiger partial charge in [0.1, 0.15) is 0 Å². The first-order chi connectivity index (χ1) is 10.3. The highest BCUT2D eigenvalue weighted by Crippen LogP contribution is 2.36. The molecule has 0 heterocycles. The molecule has 0 fully saturated rings. The first-order valence-electron chi connectivity index (χ1n) is 5.85. The van der Waals surface area contributed by atoms with Gasteiger partial charge in [-0.15, -0.1) is 0 Å². The Balaban J connectivity index is 2.50. The van der Waals surface area contributed by atoms with Crippen molar-refractivity contribution in [1.82, 2.24) is 0 Å². The standard InChI is InChI=1S/C14H8Cl2O2S4/c15-13(17)9-5-1-3-7-11(9)21-22(19,20)12-8-4-2-6-10(12)14(16)18/h1-8H. The predicted octanol–water partition coefficient (Wildman–Crippen LogP) is 4.59. The van der Waals surface area contributed by atoms with Gasteiger partial charge in [0.15, 0.2) is 0 Å². The summed E-state index contributed by atoms with van der Waals surface area (Å²) in [6.45, 7) is 0. The molecule has 0 saturated carbocycles. The minimum Gasteiger partial charge on any atom is -0.276 e. The van der Waals surface area contributed by atoms with E-state index >= 15 is 0 Å². The Hall–Kier alpha value is -0.500. The normalized spacial score (nSPS) is 11.2. The van der Waals surface area contributed by atoms with Crippen molar-refractivity contribution in [2.45, 2.75) is 9.79 Å². The Labute approximate surface area is 151 Å². The van der Waals surface area contributed by atoms with E-state index in [0.717, 1.165) is 0 Å². The fraction of sp³-hybridized carbons (Fsp3) is 0. The van der Waals surface area contributed by atoms with Gasteiger partial charge in [0, 0.05) is 20.9 Å². The van der Waals surface area contributed by atoms with Crippen LogP contribution in [0.25, 0.3) is 0 Å². The summed E-state index contributed by atoms with van der Waals surface area (Å²) in [6.07, 6.45) is -2.28. The summed E-state index contributed by atoms with van der Waals surface area (Å²) in [5.74, 6) is 0. The average Bonchev–Trinajstić information content (AvgIpc) is 2.47.